The lowest BCUT2D eigenvalue weighted by Gasteiger charge is -2.12. The second kappa shape index (κ2) is 7.82. The van der Waals surface area contributed by atoms with Gasteiger partial charge in [-0.25, -0.2) is 4.98 Å². The van der Waals surface area contributed by atoms with Crippen molar-refractivity contribution in [3.05, 3.63) is 41.6 Å². The normalized spacial score (nSPS) is 11.2. The summed E-state index contributed by atoms with van der Waals surface area (Å²) in [5, 5.41) is 14.1. The Balaban J connectivity index is 2.18. The average molecular weight is 342 g/mol. The molecular weight excluding hydrogens is 325 g/mol. The van der Waals surface area contributed by atoms with Gasteiger partial charge >= 0.3 is 6.18 Å². The summed E-state index contributed by atoms with van der Waals surface area (Å²) >= 11 is 0. The van der Waals surface area contributed by atoms with Crippen LogP contribution in [0.15, 0.2) is 30.3 Å². The maximum atomic E-state index is 12.9. The molecule has 130 valence electrons. The molecule has 1 aromatic heterocycles. The molecule has 0 aliphatic carbocycles. The lowest BCUT2D eigenvalue weighted by atomic mass is 10.2. The number of aromatic nitrogens is 2. The SMILES string of the molecule is COc1cccc(CNc2cc(C(F)(F)F)nc(NCCO)n2)c1. The Morgan fingerprint density at radius 2 is 1.96 bits per heavy atom. The van der Waals surface area contributed by atoms with Crippen molar-refractivity contribution in [1.29, 1.82) is 0 Å². The molecule has 9 heteroatoms. The van der Waals surface area contributed by atoms with Gasteiger partial charge in [-0.15, -0.1) is 0 Å². The third kappa shape index (κ3) is 4.98. The molecular formula is C15H17F3N4O2. The molecule has 1 aromatic carbocycles. The van der Waals surface area contributed by atoms with Crippen molar-refractivity contribution in [2.45, 2.75) is 12.7 Å². The molecule has 2 aromatic rings. The van der Waals surface area contributed by atoms with Gasteiger partial charge < -0.3 is 20.5 Å². The quantitative estimate of drug-likeness (QED) is 0.718. The monoisotopic (exact) mass is 342 g/mol. The minimum Gasteiger partial charge on any atom is -0.497 e. The molecule has 0 saturated carbocycles. The van der Waals surface area contributed by atoms with E-state index in [1.807, 2.05) is 6.07 Å². The lowest BCUT2D eigenvalue weighted by molar-refractivity contribution is -0.141. The van der Waals surface area contributed by atoms with Crippen molar-refractivity contribution in [2.24, 2.45) is 0 Å². The van der Waals surface area contributed by atoms with Gasteiger partial charge in [-0.1, -0.05) is 12.1 Å². The Morgan fingerprint density at radius 3 is 2.62 bits per heavy atom. The fourth-order valence-corrected chi connectivity index (χ4v) is 1.90. The molecule has 0 unspecified atom stereocenters. The smallest absolute Gasteiger partial charge is 0.433 e. The van der Waals surface area contributed by atoms with Crippen LogP contribution in [0, 0.1) is 0 Å². The third-order valence-electron chi connectivity index (χ3n) is 3.02. The highest BCUT2D eigenvalue weighted by Crippen LogP contribution is 2.29. The summed E-state index contributed by atoms with van der Waals surface area (Å²) in [7, 11) is 1.53. The van der Waals surface area contributed by atoms with Gasteiger partial charge in [-0.3, -0.25) is 0 Å². The van der Waals surface area contributed by atoms with Gasteiger partial charge in [0.05, 0.1) is 13.7 Å². The highest BCUT2D eigenvalue weighted by molar-refractivity contribution is 5.44. The van der Waals surface area contributed by atoms with Crippen LogP contribution in [-0.2, 0) is 12.7 Å². The maximum Gasteiger partial charge on any atom is 0.433 e. The second-order valence-corrected chi connectivity index (χ2v) is 4.82. The topological polar surface area (TPSA) is 79.3 Å². The zero-order chi connectivity index (χ0) is 17.6. The summed E-state index contributed by atoms with van der Waals surface area (Å²) in [6, 6.07) is 7.97. The van der Waals surface area contributed by atoms with Gasteiger partial charge in [0.25, 0.3) is 0 Å². The number of nitrogens with zero attached hydrogens (tertiary/aromatic N) is 2. The summed E-state index contributed by atoms with van der Waals surface area (Å²) < 4.78 is 43.9. The first-order valence-electron chi connectivity index (χ1n) is 7.10. The first-order valence-corrected chi connectivity index (χ1v) is 7.10. The maximum absolute atomic E-state index is 12.9. The summed E-state index contributed by atoms with van der Waals surface area (Å²) in [5.74, 6) is 0.478. The van der Waals surface area contributed by atoms with Gasteiger partial charge in [0.15, 0.2) is 5.69 Å². The van der Waals surface area contributed by atoms with E-state index in [1.165, 1.54) is 7.11 Å². The number of alkyl halides is 3. The molecule has 0 amide bonds. The van der Waals surface area contributed by atoms with Crippen molar-refractivity contribution < 1.29 is 23.0 Å². The van der Waals surface area contributed by atoms with Gasteiger partial charge in [-0.05, 0) is 17.7 Å². The first-order chi connectivity index (χ1) is 11.4. The average Bonchev–Trinajstić information content (AvgIpc) is 2.57. The number of aliphatic hydroxyl groups is 1. The van der Waals surface area contributed by atoms with Crippen LogP contribution in [-0.4, -0.2) is 35.3 Å². The van der Waals surface area contributed by atoms with Crippen LogP contribution in [0.3, 0.4) is 0 Å². The van der Waals surface area contributed by atoms with Crippen molar-refractivity contribution in [2.75, 3.05) is 30.9 Å². The number of halogens is 3. The van der Waals surface area contributed by atoms with E-state index in [1.54, 1.807) is 18.2 Å². The van der Waals surface area contributed by atoms with E-state index in [0.717, 1.165) is 11.6 Å². The van der Waals surface area contributed by atoms with E-state index < -0.39 is 11.9 Å². The molecule has 0 atom stereocenters. The number of ether oxygens (including phenoxy) is 1. The molecule has 0 aliphatic rings. The second-order valence-electron chi connectivity index (χ2n) is 4.82. The number of anilines is 2. The molecule has 0 aliphatic heterocycles. The zero-order valence-electron chi connectivity index (χ0n) is 12.9. The number of rotatable bonds is 7. The molecule has 1 heterocycles. The van der Waals surface area contributed by atoms with E-state index in [4.69, 9.17) is 9.84 Å². The van der Waals surface area contributed by atoms with Crippen LogP contribution < -0.4 is 15.4 Å². The van der Waals surface area contributed by atoms with Crippen molar-refractivity contribution in [3.63, 3.8) is 0 Å². The standard InChI is InChI=1S/C15H17F3N4O2/c1-24-11-4-2-3-10(7-11)9-20-13-8-12(15(16,17)18)21-14(22-13)19-5-6-23/h2-4,7-8,23H,5-6,9H2,1H3,(H2,19,20,21,22). The van der Waals surface area contributed by atoms with E-state index in [9.17, 15) is 13.2 Å². The van der Waals surface area contributed by atoms with E-state index in [0.29, 0.717) is 5.75 Å². The molecule has 0 fully saturated rings. The zero-order valence-corrected chi connectivity index (χ0v) is 12.9. The van der Waals surface area contributed by atoms with Gasteiger partial charge in [-0.2, -0.15) is 18.2 Å². The fraction of sp³-hybridized carbons (Fsp3) is 0.333. The summed E-state index contributed by atoms with van der Waals surface area (Å²) in [5.41, 5.74) is -0.238. The lowest BCUT2D eigenvalue weighted by Crippen LogP contribution is -2.15. The Kier molecular flexibility index (Phi) is 5.80. The predicted octanol–water partition coefficient (Wildman–Crippen LogP) is 2.52. The van der Waals surface area contributed by atoms with Gasteiger partial charge in [0, 0.05) is 19.2 Å². The molecule has 24 heavy (non-hydrogen) atoms. The van der Waals surface area contributed by atoms with Crippen LogP contribution >= 0.6 is 0 Å². The van der Waals surface area contributed by atoms with Crippen molar-refractivity contribution >= 4 is 11.8 Å². The molecule has 0 bridgehead atoms. The van der Waals surface area contributed by atoms with Crippen LogP contribution in [0.5, 0.6) is 5.75 Å². The molecule has 0 spiro atoms. The number of methoxy groups -OCH3 is 1. The first kappa shape index (κ1) is 17.8. The number of hydrogen-bond donors (Lipinski definition) is 3. The number of hydrogen-bond acceptors (Lipinski definition) is 6. The van der Waals surface area contributed by atoms with E-state index in [2.05, 4.69) is 20.6 Å². The van der Waals surface area contributed by atoms with Gasteiger partial charge in [0.1, 0.15) is 11.6 Å². The minimum absolute atomic E-state index is 0.0283. The van der Waals surface area contributed by atoms with E-state index >= 15 is 0 Å². The molecule has 0 radical (unpaired) electrons. The molecule has 2 rings (SSSR count). The van der Waals surface area contributed by atoms with Crippen LogP contribution in [0.1, 0.15) is 11.3 Å². The highest BCUT2D eigenvalue weighted by Gasteiger charge is 2.33. The Bertz CT molecular complexity index is 680. The summed E-state index contributed by atoms with van der Waals surface area (Å²) in [4.78, 5) is 7.37. The van der Waals surface area contributed by atoms with Crippen LogP contribution in [0.25, 0.3) is 0 Å². The van der Waals surface area contributed by atoms with Crippen molar-refractivity contribution in [1.82, 2.24) is 9.97 Å². The molecule has 6 nitrogen and oxygen atoms in total. The third-order valence-corrected chi connectivity index (χ3v) is 3.02. The van der Waals surface area contributed by atoms with E-state index in [-0.39, 0.29) is 31.5 Å². The number of nitrogens with one attached hydrogen (secondary N) is 2. The Morgan fingerprint density at radius 1 is 1.17 bits per heavy atom. The molecule has 0 saturated heterocycles. The van der Waals surface area contributed by atoms with Crippen LogP contribution in [0.4, 0.5) is 24.9 Å². The Labute approximate surface area is 136 Å². The Hall–Kier alpha value is -2.55. The molecule has 3 N–H and O–H groups in total. The minimum atomic E-state index is -4.59. The van der Waals surface area contributed by atoms with Crippen LogP contribution in [0.2, 0.25) is 0 Å². The number of aliphatic hydroxyl groups excluding tert-OH is 1. The summed E-state index contributed by atoms with van der Waals surface area (Å²) in [6.07, 6.45) is -4.59. The van der Waals surface area contributed by atoms with Gasteiger partial charge in [0.2, 0.25) is 5.95 Å². The number of benzene rings is 1. The summed E-state index contributed by atoms with van der Waals surface area (Å²) in [6.45, 7) is 0.0771. The highest BCUT2D eigenvalue weighted by atomic mass is 19.4. The largest absolute Gasteiger partial charge is 0.497 e. The fourth-order valence-electron chi connectivity index (χ4n) is 1.90. The predicted molar refractivity (Wildman–Crippen MR) is 82.9 cm³/mol. The van der Waals surface area contributed by atoms with Crippen molar-refractivity contribution in [3.8, 4) is 5.75 Å².